The second-order valence-corrected chi connectivity index (χ2v) is 17.0. The Morgan fingerprint density at radius 3 is 1.58 bits per heavy atom. The summed E-state index contributed by atoms with van der Waals surface area (Å²) in [6.45, 7) is 5.65. The third-order valence-corrected chi connectivity index (χ3v) is 11.6. The first-order chi connectivity index (χ1) is 28.7. The first-order valence-corrected chi connectivity index (χ1v) is 23.7. The van der Waals surface area contributed by atoms with Gasteiger partial charge in [-0.1, -0.05) is 192 Å². The van der Waals surface area contributed by atoms with Gasteiger partial charge in [-0.3, -0.25) is 4.57 Å². The lowest BCUT2D eigenvalue weighted by molar-refractivity contribution is -0.0669. The maximum Gasteiger partial charge on any atom is 0.508 e. The van der Waals surface area contributed by atoms with Gasteiger partial charge in [0.2, 0.25) is 5.95 Å². The number of ether oxygens (including phenoxy) is 5. The van der Waals surface area contributed by atoms with E-state index in [1.807, 2.05) is 0 Å². The van der Waals surface area contributed by atoms with Crippen molar-refractivity contribution in [1.29, 1.82) is 0 Å². The minimum atomic E-state index is -2.35. The lowest BCUT2D eigenvalue weighted by Gasteiger charge is -2.27. The van der Waals surface area contributed by atoms with Crippen LogP contribution < -0.4 is 5.73 Å². The first-order valence-electron chi connectivity index (χ1n) is 23.3. The van der Waals surface area contributed by atoms with Crippen LogP contribution in [0.3, 0.4) is 0 Å². The predicted molar refractivity (Wildman–Crippen MR) is 232 cm³/mol. The van der Waals surface area contributed by atoms with Crippen molar-refractivity contribution in [1.82, 2.24) is 19.5 Å². The van der Waals surface area contributed by atoms with Crippen molar-refractivity contribution in [2.24, 2.45) is 0 Å². The van der Waals surface area contributed by atoms with Gasteiger partial charge in [0.1, 0.15) is 18.2 Å². The number of nitrogens with two attached hydrogens (primary N) is 1. The summed E-state index contributed by atoms with van der Waals surface area (Å²) < 4.78 is 45.8. The zero-order valence-electron chi connectivity index (χ0n) is 36.7. The van der Waals surface area contributed by atoms with E-state index in [-0.39, 0.29) is 35.5 Å². The average molecular weight is 855 g/mol. The quantitative estimate of drug-likeness (QED) is 0.0407. The van der Waals surface area contributed by atoms with Crippen LogP contribution in [0.4, 0.5) is 19.9 Å². The molecule has 3 rings (SSSR count). The largest absolute Gasteiger partial charge is 0.508 e. The van der Waals surface area contributed by atoms with Crippen molar-refractivity contribution in [3.63, 3.8) is 0 Å². The highest BCUT2D eigenvalue weighted by molar-refractivity contribution is 6.33. The van der Waals surface area contributed by atoms with Crippen LogP contribution in [-0.2, 0) is 23.7 Å². The molecule has 1 fully saturated rings. The van der Waals surface area contributed by atoms with E-state index in [2.05, 4.69) is 28.8 Å². The van der Waals surface area contributed by atoms with Crippen molar-refractivity contribution in [2.45, 2.75) is 225 Å². The fraction of sp³-hybridized carbons (Fsp3) is 0.844. The number of anilines is 1. The van der Waals surface area contributed by atoms with Gasteiger partial charge in [-0.05, 0) is 19.8 Å². The molecule has 2 aromatic rings. The number of carbonyl (C=O) groups excluding carboxylic acids is 2. The van der Waals surface area contributed by atoms with E-state index >= 15 is 4.39 Å². The van der Waals surface area contributed by atoms with Crippen LogP contribution in [0.15, 0.2) is 6.33 Å². The number of fused-ring (bicyclic) bond motifs is 1. The van der Waals surface area contributed by atoms with Gasteiger partial charge in [0.25, 0.3) is 0 Å². The normalized spacial score (nSPS) is 19.0. The maximum atomic E-state index is 16.8. The standard InChI is InChI=1S/C45H77ClFN5O7/c1-4-6-8-10-12-14-16-18-20-22-24-26-28-30-32-55-43(53)57-34-36-38(45(3,47)41(58-36)52-35-49-37-39(46)50-42(48)51-40(37)52)59-44(54)56-33-31-29-27-25-23-21-19-17-15-13-11-9-7-5-2/h35-36,38,41H,4-34H2,1-3H3,(H2,48,50,51)/t36-,38-,41-,45-/m1/s1. The third-order valence-electron chi connectivity index (χ3n) is 11.4. The van der Waals surface area contributed by atoms with Gasteiger partial charge in [-0.15, -0.1) is 0 Å². The molecular formula is C45H77ClFN5O7. The van der Waals surface area contributed by atoms with Gasteiger partial charge in [0, 0.05) is 0 Å². The molecule has 0 spiro atoms. The van der Waals surface area contributed by atoms with E-state index in [4.69, 9.17) is 41.0 Å². The molecule has 0 bridgehead atoms. The number of hydrogen-bond donors (Lipinski definition) is 1. The molecule has 1 saturated heterocycles. The summed E-state index contributed by atoms with van der Waals surface area (Å²) in [5.74, 6) is -0.135. The fourth-order valence-corrected chi connectivity index (χ4v) is 8.05. The summed E-state index contributed by atoms with van der Waals surface area (Å²) in [6, 6.07) is 0. The van der Waals surface area contributed by atoms with Gasteiger partial charge in [0.05, 0.1) is 19.5 Å². The Bertz CT molecular complexity index is 1430. The highest BCUT2D eigenvalue weighted by Gasteiger charge is 2.59. The number of nitrogen functional groups attached to an aromatic ring is 1. The van der Waals surface area contributed by atoms with Gasteiger partial charge in [0.15, 0.2) is 28.8 Å². The summed E-state index contributed by atoms with van der Waals surface area (Å²) in [6.07, 6.45) is 29.3. The van der Waals surface area contributed by atoms with Crippen LogP contribution in [0.1, 0.15) is 207 Å². The van der Waals surface area contributed by atoms with Crippen molar-refractivity contribution in [2.75, 3.05) is 25.6 Å². The molecule has 14 heteroatoms. The van der Waals surface area contributed by atoms with Crippen LogP contribution >= 0.6 is 11.6 Å². The fourth-order valence-electron chi connectivity index (χ4n) is 7.83. The number of hydrogen-bond acceptors (Lipinski definition) is 11. The Hall–Kier alpha value is -2.93. The van der Waals surface area contributed by atoms with Gasteiger partial charge in [-0.2, -0.15) is 9.97 Å². The lowest BCUT2D eigenvalue weighted by Crippen LogP contribution is -2.44. The van der Waals surface area contributed by atoms with Crippen LogP contribution in [0.2, 0.25) is 5.15 Å². The van der Waals surface area contributed by atoms with E-state index in [0.29, 0.717) is 6.42 Å². The second kappa shape index (κ2) is 30.2. The average Bonchev–Trinajstić information content (AvgIpc) is 3.73. The second-order valence-electron chi connectivity index (χ2n) is 16.6. The zero-order valence-corrected chi connectivity index (χ0v) is 37.5. The molecule has 0 aromatic carbocycles. The first kappa shape index (κ1) is 50.4. The van der Waals surface area contributed by atoms with Crippen LogP contribution in [0.25, 0.3) is 11.2 Å². The molecule has 0 amide bonds. The SMILES string of the molecule is CCCCCCCCCCCCCCCCOC(=O)OC[C@H]1O[C@@H](n2cnc3c(Cl)nc(N)nc32)[C@](C)(F)[C@@H]1OC(=O)OCCCCCCCCCCCCCCCC. The van der Waals surface area contributed by atoms with E-state index in [0.717, 1.165) is 38.5 Å². The molecule has 1 aliphatic rings. The van der Waals surface area contributed by atoms with Crippen molar-refractivity contribution >= 4 is 41.0 Å². The monoisotopic (exact) mass is 854 g/mol. The number of aromatic nitrogens is 4. The van der Waals surface area contributed by atoms with Crippen molar-refractivity contribution in [3.8, 4) is 0 Å². The number of alkyl halides is 1. The number of unbranched alkanes of at least 4 members (excludes halogenated alkanes) is 26. The number of nitrogens with zero attached hydrogens (tertiary/aromatic N) is 4. The van der Waals surface area contributed by atoms with Gasteiger partial charge in [-0.25, -0.2) is 19.0 Å². The highest BCUT2D eigenvalue weighted by atomic mass is 35.5. The maximum absolute atomic E-state index is 16.8. The van der Waals surface area contributed by atoms with E-state index in [1.165, 1.54) is 153 Å². The Kier molecular flexibility index (Phi) is 25.8. The number of halogens is 2. The van der Waals surface area contributed by atoms with Crippen molar-refractivity contribution in [3.05, 3.63) is 11.5 Å². The van der Waals surface area contributed by atoms with Gasteiger partial charge >= 0.3 is 12.3 Å². The minimum Gasteiger partial charge on any atom is -0.434 e. The molecule has 3 heterocycles. The van der Waals surface area contributed by atoms with Crippen molar-refractivity contribution < 1.29 is 37.7 Å². The third kappa shape index (κ3) is 19.6. The van der Waals surface area contributed by atoms with E-state index < -0.39 is 43.0 Å². The topological polar surface area (TPSA) is 150 Å². The molecule has 0 aliphatic carbocycles. The molecule has 12 nitrogen and oxygen atoms in total. The molecule has 59 heavy (non-hydrogen) atoms. The summed E-state index contributed by atoms with van der Waals surface area (Å²) in [5, 5.41) is -0.00823. The summed E-state index contributed by atoms with van der Waals surface area (Å²) >= 11 is 6.22. The Balaban J connectivity index is 1.38. The highest BCUT2D eigenvalue weighted by Crippen LogP contribution is 2.44. The molecule has 0 unspecified atom stereocenters. The molecule has 2 aromatic heterocycles. The molecule has 4 atom stereocenters. The summed E-state index contributed by atoms with van der Waals surface area (Å²) in [5.41, 5.74) is 3.80. The van der Waals surface area contributed by atoms with E-state index in [1.54, 1.807) is 0 Å². The number of imidazole rings is 1. The zero-order chi connectivity index (χ0) is 42.6. The Labute approximate surface area is 358 Å². The molecule has 1 aliphatic heterocycles. The van der Waals surface area contributed by atoms with E-state index in [9.17, 15) is 9.59 Å². The van der Waals surface area contributed by atoms with Gasteiger partial charge < -0.3 is 29.4 Å². The molecular weight excluding hydrogens is 777 g/mol. The molecule has 338 valence electrons. The van der Waals surface area contributed by atoms with Crippen LogP contribution in [0.5, 0.6) is 0 Å². The van der Waals surface area contributed by atoms with Crippen LogP contribution in [-0.4, -0.2) is 69.5 Å². The lowest BCUT2D eigenvalue weighted by atomic mass is 9.98. The van der Waals surface area contributed by atoms with Crippen LogP contribution in [0, 0.1) is 0 Å². The molecule has 0 radical (unpaired) electrons. The number of carbonyl (C=O) groups is 2. The smallest absolute Gasteiger partial charge is 0.434 e. The Morgan fingerprint density at radius 1 is 0.695 bits per heavy atom. The Morgan fingerprint density at radius 2 is 1.12 bits per heavy atom. The predicted octanol–water partition coefficient (Wildman–Crippen LogP) is 13.3. The molecule has 0 saturated carbocycles. The minimum absolute atomic E-state index is 0.00823. The summed E-state index contributed by atoms with van der Waals surface area (Å²) in [4.78, 5) is 37.8. The summed E-state index contributed by atoms with van der Waals surface area (Å²) in [7, 11) is 0. The number of rotatable bonds is 34. The molecule has 2 N–H and O–H groups in total.